The first-order valence-corrected chi connectivity index (χ1v) is 3.98. The number of carbonyl (C=O) groups is 1. The zero-order chi connectivity index (χ0) is 10.1. The number of nitrogens with zero attached hydrogens (tertiary/aromatic N) is 3. The standard InChI is InChI=1S/C8H8N4O2/c1-9-6-2-3-10-7-5(8(13)14)4-11-12(6)7/h2-4,9H,1H3,(H,13,14). The van der Waals surface area contributed by atoms with E-state index in [9.17, 15) is 4.79 Å². The smallest absolute Gasteiger partial charge is 0.341 e. The molecule has 0 atom stereocenters. The third-order valence-electron chi connectivity index (χ3n) is 1.89. The molecule has 0 aliphatic carbocycles. The number of carboxylic acid groups (broad SMARTS) is 1. The minimum Gasteiger partial charge on any atom is -0.477 e. The van der Waals surface area contributed by atoms with E-state index in [1.807, 2.05) is 0 Å². The molecule has 0 bridgehead atoms. The van der Waals surface area contributed by atoms with Gasteiger partial charge in [-0.2, -0.15) is 9.61 Å². The maximum Gasteiger partial charge on any atom is 0.341 e. The minimum atomic E-state index is -1.03. The van der Waals surface area contributed by atoms with Gasteiger partial charge in [0.25, 0.3) is 0 Å². The van der Waals surface area contributed by atoms with Gasteiger partial charge in [0, 0.05) is 13.2 Å². The average Bonchev–Trinajstić information content (AvgIpc) is 2.60. The second-order valence-corrected chi connectivity index (χ2v) is 2.68. The van der Waals surface area contributed by atoms with Crippen molar-refractivity contribution in [3.8, 4) is 0 Å². The molecule has 6 nitrogen and oxygen atoms in total. The first-order chi connectivity index (χ1) is 6.74. The molecular formula is C8H8N4O2. The maximum absolute atomic E-state index is 10.8. The van der Waals surface area contributed by atoms with E-state index in [1.54, 1.807) is 13.1 Å². The first-order valence-electron chi connectivity index (χ1n) is 3.98. The summed E-state index contributed by atoms with van der Waals surface area (Å²) in [5.41, 5.74) is 0.437. The lowest BCUT2D eigenvalue weighted by Crippen LogP contribution is -2.01. The van der Waals surface area contributed by atoms with Crippen molar-refractivity contribution in [1.82, 2.24) is 14.6 Å². The van der Waals surface area contributed by atoms with Crippen LogP contribution in [0.15, 0.2) is 18.5 Å². The Morgan fingerprint density at radius 3 is 3.07 bits per heavy atom. The van der Waals surface area contributed by atoms with Gasteiger partial charge in [-0.05, 0) is 6.07 Å². The molecule has 0 spiro atoms. The summed E-state index contributed by atoms with van der Waals surface area (Å²) in [4.78, 5) is 14.7. The van der Waals surface area contributed by atoms with Gasteiger partial charge in [-0.1, -0.05) is 0 Å². The summed E-state index contributed by atoms with van der Waals surface area (Å²) >= 11 is 0. The van der Waals surface area contributed by atoms with Crippen molar-refractivity contribution in [2.75, 3.05) is 12.4 Å². The van der Waals surface area contributed by atoms with Gasteiger partial charge in [0.2, 0.25) is 0 Å². The van der Waals surface area contributed by atoms with Gasteiger partial charge in [-0.15, -0.1) is 0 Å². The number of anilines is 1. The van der Waals surface area contributed by atoms with Crippen LogP contribution >= 0.6 is 0 Å². The zero-order valence-electron chi connectivity index (χ0n) is 7.43. The Kier molecular flexibility index (Phi) is 1.81. The molecule has 72 valence electrons. The van der Waals surface area contributed by atoms with Gasteiger partial charge in [0.15, 0.2) is 5.65 Å². The quantitative estimate of drug-likeness (QED) is 0.723. The first kappa shape index (κ1) is 8.49. The largest absolute Gasteiger partial charge is 0.477 e. The topological polar surface area (TPSA) is 79.5 Å². The number of rotatable bonds is 2. The van der Waals surface area contributed by atoms with Crippen molar-refractivity contribution in [1.29, 1.82) is 0 Å². The predicted molar refractivity (Wildman–Crippen MR) is 49.5 cm³/mol. The highest BCUT2D eigenvalue weighted by atomic mass is 16.4. The minimum absolute atomic E-state index is 0.0992. The third-order valence-corrected chi connectivity index (χ3v) is 1.89. The van der Waals surface area contributed by atoms with Gasteiger partial charge < -0.3 is 10.4 Å². The second kappa shape index (κ2) is 2.99. The van der Waals surface area contributed by atoms with E-state index >= 15 is 0 Å². The van der Waals surface area contributed by atoms with Gasteiger partial charge in [-0.3, -0.25) is 0 Å². The van der Waals surface area contributed by atoms with Crippen LogP contribution < -0.4 is 5.32 Å². The number of aromatic carboxylic acids is 1. The molecule has 0 saturated heterocycles. The molecule has 0 fully saturated rings. The molecule has 0 saturated carbocycles. The summed E-state index contributed by atoms with van der Waals surface area (Å²) < 4.78 is 1.45. The Labute approximate surface area is 79.2 Å². The summed E-state index contributed by atoms with van der Waals surface area (Å²) in [6.45, 7) is 0. The molecule has 2 rings (SSSR count). The molecule has 2 N–H and O–H groups in total. The summed E-state index contributed by atoms with van der Waals surface area (Å²) in [5.74, 6) is -0.330. The van der Waals surface area contributed by atoms with Crippen LogP contribution in [0.4, 0.5) is 5.82 Å². The predicted octanol–water partition coefficient (Wildman–Crippen LogP) is 0.469. The van der Waals surface area contributed by atoms with Crippen LogP contribution in [-0.2, 0) is 0 Å². The van der Waals surface area contributed by atoms with Gasteiger partial charge in [0.05, 0.1) is 6.20 Å². The molecule has 2 aromatic heterocycles. The van der Waals surface area contributed by atoms with Crippen molar-refractivity contribution < 1.29 is 9.90 Å². The van der Waals surface area contributed by atoms with E-state index in [-0.39, 0.29) is 5.56 Å². The fourth-order valence-corrected chi connectivity index (χ4v) is 1.23. The highest BCUT2D eigenvalue weighted by Crippen LogP contribution is 2.12. The molecule has 2 aromatic rings. The van der Waals surface area contributed by atoms with Crippen LogP contribution in [0.2, 0.25) is 0 Å². The van der Waals surface area contributed by atoms with Crippen molar-refractivity contribution in [2.24, 2.45) is 0 Å². The number of hydrogen-bond acceptors (Lipinski definition) is 4. The van der Waals surface area contributed by atoms with Crippen LogP contribution in [0, 0.1) is 0 Å². The molecule has 14 heavy (non-hydrogen) atoms. The lowest BCUT2D eigenvalue weighted by molar-refractivity contribution is 0.0699. The fourth-order valence-electron chi connectivity index (χ4n) is 1.23. The molecule has 0 unspecified atom stereocenters. The number of aromatic nitrogens is 3. The Bertz CT molecular complexity index is 491. The van der Waals surface area contributed by atoms with Crippen molar-refractivity contribution >= 4 is 17.4 Å². The van der Waals surface area contributed by atoms with E-state index in [0.717, 1.165) is 0 Å². The monoisotopic (exact) mass is 192 g/mol. The lowest BCUT2D eigenvalue weighted by atomic mass is 10.3. The van der Waals surface area contributed by atoms with E-state index in [1.165, 1.54) is 16.9 Å². The zero-order valence-corrected chi connectivity index (χ0v) is 7.43. The molecule has 2 heterocycles. The number of fused-ring (bicyclic) bond motifs is 1. The Balaban J connectivity index is 2.75. The van der Waals surface area contributed by atoms with E-state index in [4.69, 9.17) is 5.11 Å². The molecule has 0 radical (unpaired) electrons. The van der Waals surface area contributed by atoms with Crippen LogP contribution in [0.5, 0.6) is 0 Å². The lowest BCUT2D eigenvalue weighted by Gasteiger charge is -2.01. The third kappa shape index (κ3) is 1.08. The number of nitrogens with one attached hydrogen (secondary N) is 1. The van der Waals surface area contributed by atoms with Crippen molar-refractivity contribution in [3.05, 3.63) is 24.0 Å². The van der Waals surface area contributed by atoms with E-state index in [2.05, 4.69) is 15.4 Å². The number of carboxylic acids is 1. The highest BCUT2D eigenvalue weighted by molar-refractivity contribution is 5.94. The highest BCUT2D eigenvalue weighted by Gasteiger charge is 2.13. The van der Waals surface area contributed by atoms with Crippen LogP contribution in [-0.4, -0.2) is 32.7 Å². The van der Waals surface area contributed by atoms with Gasteiger partial charge in [0.1, 0.15) is 11.4 Å². The summed E-state index contributed by atoms with van der Waals surface area (Å²) in [6.07, 6.45) is 2.82. The number of hydrogen-bond donors (Lipinski definition) is 2. The Morgan fingerprint density at radius 1 is 1.64 bits per heavy atom. The second-order valence-electron chi connectivity index (χ2n) is 2.68. The molecule has 0 aliphatic heterocycles. The summed E-state index contributed by atoms with van der Waals surface area (Å²) in [5, 5.41) is 15.6. The average molecular weight is 192 g/mol. The summed E-state index contributed by atoms with van der Waals surface area (Å²) in [6, 6.07) is 1.71. The van der Waals surface area contributed by atoms with Gasteiger partial charge in [-0.25, -0.2) is 9.78 Å². The molecule has 6 heteroatoms. The van der Waals surface area contributed by atoms with Crippen LogP contribution in [0.25, 0.3) is 5.65 Å². The van der Waals surface area contributed by atoms with E-state index in [0.29, 0.717) is 11.5 Å². The molecule has 0 aromatic carbocycles. The van der Waals surface area contributed by atoms with Gasteiger partial charge >= 0.3 is 5.97 Å². The van der Waals surface area contributed by atoms with Crippen molar-refractivity contribution in [3.63, 3.8) is 0 Å². The normalized spacial score (nSPS) is 10.4. The Hall–Kier alpha value is -2.11. The molecule has 0 aliphatic rings. The van der Waals surface area contributed by atoms with Crippen LogP contribution in [0.1, 0.15) is 10.4 Å². The summed E-state index contributed by atoms with van der Waals surface area (Å²) in [7, 11) is 1.73. The maximum atomic E-state index is 10.8. The molecule has 0 amide bonds. The van der Waals surface area contributed by atoms with E-state index < -0.39 is 5.97 Å². The Morgan fingerprint density at radius 2 is 2.43 bits per heavy atom. The van der Waals surface area contributed by atoms with Crippen LogP contribution in [0.3, 0.4) is 0 Å². The van der Waals surface area contributed by atoms with Crippen molar-refractivity contribution in [2.45, 2.75) is 0 Å². The SMILES string of the molecule is CNc1ccnc2c(C(=O)O)cnn12. The molecular weight excluding hydrogens is 184 g/mol. The fraction of sp³-hybridized carbons (Fsp3) is 0.125.